The first-order valence-corrected chi connectivity index (χ1v) is 20.2. The molecule has 2 atom stereocenters. The van der Waals surface area contributed by atoms with Crippen LogP contribution in [0.4, 0.5) is 5.88 Å². The summed E-state index contributed by atoms with van der Waals surface area (Å²) in [7, 11) is 4.52. The lowest BCUT2D eigenvalue weighted by Gasteiger charge is -2.41. The van der Waals surface area contributed by atoms with Gasteiger partial charge in [0.25, 0.3) is 0 Å². The van der Waals surface area contributed by atoms with Gasteiger partial charge in [-0.3, -0.25) is 9.80 Å². The lowest BCUT2D eigenvalue weighted by molar-refractivity contribution is 0.0595. The second-order valence-corrected chi connectivity index (χ2v) is 16.5. The molecule has 0 N–H and O–H groups in total. The summed E-state index contributed by atoms with van der Waals surface area (Å²) in [6.07, 6.45) is 7.13. The minimum absolute atomic E-state index is 0.217. The van der Waals surface area contributed by atoms with Crippen LogP contribution in [0.2, 0.25) is 0 Å². The maximum absolute atomic E-state index is 6.99. The van der Waals surface area contributed by atoms with E-state index < -0.39 is 0 Å². The standard InChI is InChI=1S/C40H53N5OS2/c1-42(2)38(37-14-9-25-48-37)34-17-15-32(16-18-34)29-36(44-21-19-43(20-22-44)30-33-12-7-4-8-13-33)39-41-35(28-31-10-5-3-6-11-31)40(46-39)45-23-26-47-27-24-45/h3-14,25,32,34,36,38H,15-24,26-30H2,1-2H3. The van der Waals surface area contributed by atoms with Crippen molar-refractivity contribution in [2.45, 2.75) is 57.2 Å². The highest BCUT2D eigenvalue weighted by Crippen LogP contribution is 2.44. The van der Waals surface area contributed by atoms with Gasteiger partial charge in [0.2, 0.25) is 11.8 Å². The van der Waals surface area contributed by atoms with Crippen molar-refractivity contribution in [1.29, 1.82) is 0 Å². The van der Waals surface area contributed by atoms with Gasteiger partial charge >= 0.3 is 0 Å². The molecule has 0 spiro atoms. The average Bonchev–Trinajstić information content (AvgIpc) is 3.80. The molecule has 3 aliphatic rings. The number of piperazine rings is 1. The number of rotatable bonds is 12. The summed E-state index contributed by atoms with van der Waals surface area (Å²) in [4.78, 5) is 17.2. The Balaban J connectivity index is 1.11. The van der Waals surface area contributed by atoms with E-state index in [-0.39, 0.29) is 6.04 Å². The fourth-order valence-electron chi connectivity index (χ4n) is 8.33. The maximum Gasteiger partial charge on any atom is 0.220 e. The lowest BCUT2D eigenvalue weighted by atomic mass is 9.75. The second kappa shape index (κ2) is 16.4. The molecule has 2 aromatic carbocycles. The van der Waals surface area contributed by atoms with Gasteiger partial charge in [-0.15, -0.1) is 11.3 Å². The molecule has 3 fully saturated rings. The van der Waals surface area contributed by atoms with Crippen LogP contribution in [0, 0.1) is 11.8 Å². The molecular weight excluding hydrogens is 631 g/mol. The molecule has 4 aromatic rings. The second-order valence-electron chi connectivity index (χ2n) is 14.3. The van der Waals surface area contributed by atoms with Crippen molar-refractivity contribution < 1.29 is 4.42 Å². The number of hydrogen-bond acceptors (Lipinski definition) is 8. The number of hydrogen-bond donors (Lipinski definition) is 0. The smallest absolute Gasteiger partial charge is 0.220 e. The zero-order valence-corrected chi connectivity index (χ0v) is 30.5. The Morgan fingerprint density at radius 1 is 0.812 bits per heavy atom. The van der Waals surface area contributed by atoms with Crippen LogP contribution in [0.25, 0.3) is 0 Å². The molecule has 1 aliphatic carbocycles. The average molecular weight is 684 g/mol. The normalized spacial score (nSPS) is 22.6. The summed E-state index contributed by atoms with van der Waals surface area (Å²) in [6, 6.07) is 27.1. The summed E-state index contributed by atoms with van der Waals surface area (Å²) in [6.45, 7) is 7.36. The monoisotopic (exact) mass is 683 g/mol. The first-order valence-electron chi connectivity index (χ1n) is 18.2. The number of aromatic nitrogens is 1. The predicted octanol–water partition coefficient (Wildman–Crippen LogP) is 8.24. The molecular formula is C40H53N5OS2. The van der Waals surface area contributed by atoms with Gasteiger partial charge in [-0.2, -0.15) is 11.8 Å². The van der Waals surface area contributed by atoms with Gasteiger partial charge in [-0.1, -0.05) is 79.6 Å². The lowest BCUT2D eigenvalue weighted by Crippen LogP contribution is -2.47. The van der Waals surface area contributed by atoms with Gasteiger partial charge < -0.3 is 14.2 Å². The van der Waals surface area contributed by atoms with E-state index in [4.69, 9.17) is 9.40 Å². The number of benzene rings is 2. The Morgan fingerprint density at radius 3 is 2.15 bits per heavy atom. The third-order valence-electron chi connectivity index (χ3n) is 10.9. The van der Waals surface area contributed by atoms with Crippen LogP contribution in [0.1, 0.15) is 71.8 Å². The molecule has 2 aliphatic heterocycles. The van der Waals surface area contributed by atoms with Crippen LogP contribution >= 0.6 is 23.1 Å². The van der Waals surface area contributed by atoms with E-state index in [1.54, 1.807) is 0 Å². The maximum atomic E-state index is 6.99. The summed E-state index contributed by atoms with van der Waals surface area (Å²) in [5.41, 5.74) is 3.82. The molecule has 2 aromatic heterocycles. The van der Waals surface area contributed by atoms with Crippen LogP contribution < -0.4 is 4.90 Å². The van der Waals surface area contributed by atoms with E-state index in [0.29, 0.717) is 12.0 Å². The molecule has 7 rings (SSSR count). The van der Waals surface area contributed by atoms with Gasteiger partial charge in [0.15, 0.2) is 0 Å². The molecule has 0 radical (unpaired) electrons. The van der Waals surface area contributed by atoms with E-state index >= 15 is 0 Å². The van der Waals surface area contributed by atoms with Crippen molar-refractivity contribution in [2.24, 2.45) is 11.8 Å². The zero-order valence-electron chi connectivity index (χ0n) is 28.9. The Bertz CT molecular complexity index is 1510. The zero-order chi connectivity index (χ0) is 32.7. The highest BCUT2D eigenvalue weighted by atomic mass is 32.2. The van der Waals surface area contributed by atoms with Crippen molar-refractivity contribution >= 4 is 29.0 Å². The molecule has 4 heterocycles. The van der Waals surface area contributed by atoms with Crippen LogP contribution in [-0.2, 0) is 13.0 Å². The number of oxazole rings is 1. The fourth-order valence-corrected chi connectivity index (χ4v) is 10.2. The van der Waals surface area contributed by atoms with Crippen LogP contribution in [0.5, 0.6) is 0 Å². The molecule has 0 bridgehead atoms. The van der Waals surface area contributed by atoms with E-state index in [0.717, 1.165) is 93.5 Å². The van der Waals surface area contributed by atoms with E-state index in [1.165, 1.54) is 41.7 Å². The van der Waals surface area contributed by atoms with Crippen molar-refractivity contribution in [3.63, 3.8) is 0 Å². The minimum Gasteiger partial charge on any atom is -0.423 e. The SMILES string of the molecule is CN(C)C(c1cccs1)C1CCC(CC(c2nc(Cc3ccccc3)c(N3CCSCC3)o2)N2CCN(Cc3ccccc3)CC2)CC1. The molecule has 8 heteroatoms. The van der Waals surface area contributed by atoms with Gasteiger partial charge in [0.05, 0.1) is 6.04 Å². The third kappa shape index (κ3) is 8.39. The number of nitrogens with zero attached hydrogens (tertiary/aromatic N) is 5. The first-order chi connectivity index (χ1) is 23.6. The summed E-state index contributed by atoms with van der Waals surface area (Å²) in [5, 5.41) is 2.24. The number of thiophene rings is 1. The highest BCUT2D eigenvalue weighted by Gasteiger charge is 2.36. The predicted molar refractivity (Wildman–Crippen MR) is 202 cm³/mol. The molecule has 2 saturated heterocycles. The minimum atomic E-state index is 0.217. The molecule has 0 amide bonds. The Hall–Kier alpha value is -2.62. The van der Waals surface area contributed by atoms with Gasteiger partial charge in [0.1, 0.15) is 5.69 Å². The van der Waals surface area contributed by atoms with Crippen molar-refractivity contribution in [3.05, 3.63) is 106 Å². The Morgan fingerprint density at radius 2 is 1.50 bits per heavy atom. The van der Waals surface area contributed by atoms with Crippen molar-refractivity contribution in [3.8, 4) is 0 Å². The highest BCUT2D eigenvalue weighted by molar-refractivity contribution is 7.99. The molecule has 6 nitrogen and oxygen atoms in total. The fraction of sp³-hybridized carbons (Fsp3) is 0.525. The van der Waals surface area contributed by atoms with E-state index in [1.807, 2.05) is 23.1 Å². The summed E-state index contributed by atoms with van der Waals surface area (Å²) < 4.78 is 6.99. The van der Waals surface area contributed by atoms with Gasteiger partial charge in [0, 0.05) is 74.7 Å². The Kier molecular flexibility index (Phi) is 11.6. The largest absolute Gasteiger partial charge is 0.423 e. The third-order valence-corrected chi connectivity index (χ3v) is 12.8. The first kappa shape index (κ1) is 33.9. The van der Waals surface area contributed by atoms with Crippen LogP contribution in [0.15, 0.2) is 82.6 Å². The van der Waals surface area contributed by atoms with E-state index in [2.05, 4.69) is 112 Å². The quantitative estimate of drug-likeness (QED) is 0.149. The van der Waals surface area contributed by atoms with Crippen molar-refractivity contribution in [2.75, 3.05) is 69.8 Å². The Labute approximate surface area is 296 Å². The van der Waals surface area contributed by atoms with Crippen LogP contribution in [0.3, 0.4) is 0 Å². The van der Waals surface area contributed by atoms with Crippen molar-refractivity contribution in [1.82, 2.24) is 19.7 Å². The van der Waals surface area contributed by atoms with Gasteiger partial charge in [-0.05, 0) is 67.8 Å². The molecule has 48 heavy (non-hydrogen) atoms. The summed E-state index contributed by atoms with van der Waals surface area (Å²) in [5.74, 6) is 5.69. The molecule has 1 saturated carbocycles. The van der Waals surface area contributed by atoms with Gasteiger partial charge in [-0.25, -0.2) is 4.98 Å². The summed E-state index contributed by atoms with van der Waals surface area (Å²) >= 11 is 3.97. The molecule has 2 unspecified atom stereocenters. The topological polar surface area (TPSA) is 39.0 Å². The van der Waals surface area contributed by atoms with E-state index in [9.17, 15) is 0 Å². The van der Waals surface area contributed by atoms with Crippen LogP contribution in [-0.4, -0.2) is 84.6 Å². The molecule has 256 valence electrons. The number of thioether (sulfide) groups is 1. The number of anilines is 1.